The second-order valence-electron chi connectivity index (χ2n) is 12.1. The maximum absolute atomic E-state index is 15.2. The Kier molecular flexibility index (Phi) is 8.86. The number of nitrogens with zero attached hydrogens (tertiary/aromatic N) is 1. The topological polar surface area (TPSA) is 111 Å². The first kappa shape index (κ1) is 30.2. The number of benzene rings is 3. The largest absolute Gasteiger partial charge is 0.324 e. The Hall–Kier alpha value is -2.86. The van der Waals surface area contributed by atoms with Gasteiger partial charge >= 0.3 is 0 Å². The Morgan fingerprint density at radius 1 is 1.05 bits per heavy atom. The van der Waals surface area contributed by atoms with Gasteiger partial charge in [0.05, 0.1) is 11.8 Å². The fourth-order valence-electron chi connectivity index (χ4n) is 6.94. The third-order valence-corrected chi connectivity index (χ3v) is 11.3. The van der Waals surface area contributed by atoms with Crippen molar-refractivity contribution in [3.05, 3.63) is 100 Å². The average molecular weight is 611 g/mol. The van der Waals surface area contributed by atoms with Crippen LogP contribution in [0.4, 0.5) is 14.5 Å². The molecule has 6 rings (SSSR count). The van der Waals surface area contributed by atoms with E-state index in [1.165, 1.54) is 29.3 Å². The quantitative estimate of drug-likeness (QED) is 0.228. The summed E-state index contributed by atoms with van der Waals surface area (Å²) in [5, 5.41) is 6.39. The lowest BCUT2D eigenvalue weighted by Gasteiger charge is -2.49. The molecule has 3 aliphatic rings. The van der Waals surface area contributed by atoms with Crippen LogP contribution < -0.4 is 16.4 Å². The number of hydrogen-bond donors (Lipinski definition) is 5. The monoisotopic (exact) mass is 610 g/mol. The molecule has 2 heterocycles. The van der Waals surface area contributed by atoms with E-state index in [1.54, 1.807) is 28.6 Å². The molecule has 2 saturated heterocycles. The van der Waals surface area contributed by atoms with Crippen LogP contribution in [0.25, 0.3) is 0 Å². The lowest BCUT2D eigenvalue weighted by Crippen LogP contribution is -2.55. The summed E-state index contributed by atoms with van der Waals surface area (Å²) in [5.74, 6) is -1.46. The molecule has 1 amide bonds. The first-order valence-electron chi connectivity index (χ1n) is 15.2. The first-order valence-corrected chi connectivity index (χ1v) is 16.8. The molecule has 230 valence electrons. The predicted octanol–water partition coefficient (Wildman–Crippen LogP) is 5.59. The molecular weight excluding hydrogens is 570 g/mol. The molecule has 10 heteroatoms. The second kappa shape index (κ2) is 12.6. The van der Waals surface area contributed by atoms with Gasteiger partial charge in [-0.25, -0.2) is 13.1 Å². The van der Waals surface area contributed by atoms with Gasteiger partial charge in [-0.3, -0.25) is 13.9 Å². The maximum Gasteiger partial charge on any atom is 0.242 e. The van der Waals surface area contributed by atoms with E-state index >= 15 is 4.39 Å². The molecule has 3 aromatic rings. The van der Waals surface area contributed by atoms with Crippen LogP contribution in [0.5, 0.6) is 0 Å². The highest BCUT2D eigenvalue weighted by Crippen LogP contribution is 2.49. The van der Waals surface area contributed by atoms with Gasteiger partial charge in [0, 0.05) is 42.3 Å². The molecule has 2 fully saturated rings. The lowest BCUT2D eigenvalue weighted by atomic mass is 9.83. The van der Waals surface area contributed by atoms with Crippen LogP contribution >= 0.6 is 10.8 Å². The summed E-state index contributed by atoms with van der Waals surface area (Å²) in [6.45, 7) is 1.14. The molecule has 0 radical (unpaired) electrons. The number of carbonyl (C=O) groups is 1. The summed E-state index contributed by atoms with van der Waals surface area (Å²) in [5.41, 5.74) is 11.5. The van der Waals surface area contributed by atoms with Gasteiger partial charge in [0.2, 0.25) is 5.91 Å². The molecule has 0 aromatic heterocycles. The number of anilines is 1. The van der Waals surface area contributed by atoms with Crippen molar-refractivity contribution in [1.29, 1.82) is 0 Å². The van der Waals surface area contributed by atoms with E-state index in [4.69, 9.17) is 5.73 Å². The van der Waals surface area contributed by atoms with Gasteiger partial charge in [0.25, 0.3) is 0 Å². The molecular formula is C33H40F2N4O3S. The van der Waals surface area contributed by atoms with Crippen molar-refractivity contribution in [2.24, 2.45) is 5.73 Å². The van der Waals surface area contributed by atoms with Crippen LogP contribution in [-0.4, -0.2) is 56.3 Å². The fourth-order valence-corrected chi connectivity index (χ4v) is 8.81. The number of nitrogens with two attached hydrogens (primary N) is 1. The number of carbonyl (C=O) groups excluding carboxylic acids is 1. The molecule has 2 aliphatic heterocycles. The fraction of sp³-hybridized carbons (Fsp3) is 0.424. The van der Waals surface area contributed by atoms with Gasteiger partial charge in [0.15, 0.2) is 0 Å². The SMILES string of the molecule is N[C@H](C(=O)Nc1cccc(F)c1CCC1CNC2CCCS(O)(O)N1C2)[C@@H](c1ccc(F)cc1)c1ccc2c(c1)CCC2. The second-order valence-corrected chi connectivity index (χ2v) is 14.2. The van der Waals surface area contributed by atoms with Crippen LogP contribution in [0.1, 0.15) is 59.4 Å². The number of amides is 1. The number of aryl methyl sites for hydroxylation is 2. The van der Waals surface area contributed by atoms with Gasteiger partial charge in [-0.05, 0) is 91.5 Å². The van der Waals surface area contributed by atoms with Crippen LogP contribution in [0.2, 0.25) is 0 Å². The summed E-state index contributed by atoms with van der Waals surface area (Å²) >= 11 is 0. The highest BCUT2D eigenvalue weighted by Gasteiger charge is 2.38. The van der Waals surface area contributed by atoms with E-state index in [-0.39, 0.29) is 17.9 Å². The number of halogens is 2. The highest BCUT2D eigenvalue weighted by atomic mass is 32.3. The zero-order chi connectivity index (χ0) is 30.1. The lowest BCUT2D eigenvalue weighted by molar-refractivity contribution is -0.117. The molecule has 2 bridgehead atoms. The third kappa shape index (κ3) is 6.50. The molecule has 7 nitrogen and oxygen atoms in total. The zero-order valence-corrected chi connectivity index (χ0v) is 25.0. The van der Waals surface area contributed by atoms with E-state index in [1.807, 2.05) is 6.07 Å². The van der Waals surface area contributed by atoms with Crippen molar-refractivity contribution >= 4 is 22.4 Å². The zero-order valence-electron chi connectivity index (χ0n) is 24.1. The van der Waals surface area contributed by atoms with Gasteiger partial charge in [-0.2, -0.15) is 0 Å². The molecule has 1 aliphatic carbocycles. The normalized spacial score (nSPS) is 24.8. The van der Waals surface area contributed by atoms with E-state index in [2.05, 4.69) is 22.8 Å². The van der Waals surface area contributed by atoms with Gasteiger partial charge < -0.3 is 16.4 Å². The molecule has 0 spiro atoms. The molecule has 5 atom stereocenters. The van der Waals surface area contributed by atoms with Crippen LogP contribution in [-0.2, 0) is 24.1 Å². The molecule has 3 unspecified atom stereocenters. The van der Waals surface area contributed by atoms with Crippen molar-refractivity contribution in [1.82, 2.24) is 9.62 Å². The van der Waals surface area contributed by atoms with E-state index in [0.717, 1.165) is 43.2 Å². The summed E-state index contributed by atoms with van der Waals surface area (Å²) < 4.78 is 52.5. The standard InChI is InChI=1S/C33H40F2N4O3S/c34-25-13-11-22(12-14-25)31(24-10-9-21-4-1-5-23(21)18-24)32(36)33(40)38-30-8-2-7-29(35)28(30)16-15-27-19-37-26-6-3-17-43(41,42)39(27)20-26/h2,7-14,18,26-27,31-32,37,41-42H,1,3-6,15-17,19-20,36H2,(H,38,40)/t26?,27?,31-,32-/m0/s1. The average Bonchev–Trinajstić information content (AvgIpc) is 3.42. The Morgan fingerprint density at radius 3 is 2.63 bits per heavy atom. The minimum absolute atomic E-state index is 0.174. The Bertz CT molecular complexity index is 1470. The highest BCUT2D eigenvalue weighted by molar-refractivity contribution is 8.22. The van der Waals surface area contributed by atoms with Gasteiger partial charge in [-0.15, -0.1) is 10.8 Å². The van der Waals surface area contributed by atoms with E-state index < -0.39 is 34.5 Å². The Balaban J connectivity index is 1.22. The number of nitrogens with one attached hydrogen (secondary N) is 2. The molecule has 0 saturated carbocycles. The van der Waals surface area contributed by atoms with Crippen molar-refractivity contribution in [3.8, 4) is 0 Å². The van der Waals surface area contributed by atoms with Crippen LogP contribution in [0, 0.1) is 11.6 Å². The van der Waals surface area contributed by atoms with Crippen molar-refractivity contribution in [2.75, 3.05) is 24.2 Å². The van der Waals surface area contributed by atoms with Gasteiger partial charge in [-0.1, -0.05) is 36.4 Å². The van der Waals surface area contributed by atoms with E-state index in [0.29, 0.717) is 42.9 Å². The molecule has 43 heavy (non-hydrogen) atoms. The summed E-state index contributed by atoms with van der Waals surface area (Å²) in [6.07, 6.45) is 5.51. The van der Waals surface area contributed by atoms with Crippen LogP contribution in [0.15, 0.2) is 60.7 Å². The molecule has 3 aromatic carbocycles. The smallest absolute Gasteiger partial charge is 0.242 e. The van der Waals surface area contributed by atoms with Crippen LogP contribution in [0.3, 0.4) is 0 Å². The minimum Gasteiger partial charge on any atom is -0.324 e. The summed E-state index contributed by atoms with van der Waals surface area (Å²) in [6, 6.07) is 15.8. The van der Waals surface area contributed by atoms with Crippen molar-refractivity contribution in [2.45, 2.75) is 69.0 Å². The maximum atomic E-state index is 15.2. The Morgan fingerprint density at radius 2 is 1.81 bits per heavy atom. The van der Waals surface area contributed by atoms with E-state index in [9.17, 15) is 18.3 Å². The summed E-state index contributed by atoms with van der Waals surface area (Å²) in [7, 11) is -2.87. The minimum atomic E-state index is -2.87. The Labute approximate surface area is 253 Å². The molecule has 6 N–H and O–H groups in total. The number of piperazine rings is 1. The number of fused-ring (bicyclic) bond motifs is 3. The van der Waals surface area contributed by atoms with Crippen molar-refractivity contribution < 1.29 is 22.7 Å². The van der Waals surface area contributed by atoms with Gasteiger partial charge in [0.1, 0.15) is 11.6 Å². The summed E-state index contributed by atoms with van der Waals surface area (Å²) in [4.78, 5) is 13.7. The number of hydrogen-bond acceptors (Lipinski definition) is 6. The predicted molar refractivity (Wildman–Crippen MR) is 167 cm³/mol. The third-order valence-electron chi connectivity index (χ3n) is 9.27. The number of rotatable bonds is 8. The first-order chi connectivity index (χ1) is 20.7. The van der Waals surface area contributed by atoms with Crippen molar-refractivity contribution in [3.63, 3.8) is 0 Å².